The predicted molar refractivity (Wildman–Crippen MR) is 88.6 cm³/mol. The maximum Gasteiger partial charge on any atom is 0.254 e. The molecule has 3 rings (SSSR count). The smallest absolute Gasteiger partial charge is 0.254 e. The van der Waals surface area contributed by atoms with Crippen molar-refractivity contribution in [2.45, 2.75) is 44.6 Å². The second kappa shape index (κ2) is 6.25. The third-order valence-electron chi connectivity index (χ3n) is 5.22. The fraction of sp³-hybridized carbons (Fsp3) is 0.526. The van der Waals surface area contributed by atoms with Gasteiger partial charge in [-0.15, -0.1) is 0 Å². The van der Waals surface area contributed by atoms with Gasteiger partial charge in [-0.2, -0.15) is 0 Å². The molecule has 1 N–H and O–H groups in total. The van der Waals surface area contributed by atoms with Gasteiger partial charge in [-0.1, -0.05) is 37.3 Å². The SMILES string of the molecule is CC(/C=C/c1ccccc1C(=O)N1CCCC1)C1(O)CCC1. The van der Waals surface area contributed by atoms with Gasteiger partial charge < -0.3 is 10.0 Å². The summed E-state index contributed by atoms with van der Waals surface area (Å²) >= 11 is 0. The molecule has 1 aliphatic carbocycles. The fourth-order valence-corrected chi connectivity index (χ4v) is 3.35. The molecular weight excluding hydrogens is 274 g/mol. The molecule has 3 nitrogen and oxygen atoms in total. The summed E-state index contributed by atoms with van der Waals surface area (Å²) < 4.78 is 0. The van der Waals surface area contributed by atoms with Gasteiger partial charge in [0.1, 0.15) is 0 Å². The first-order valence-corrected chi connectivity index (χ1v) is 8.39. The van der Waals surface area contributed by atoms with Crippen LogP contribution in [0.25, 0.3) is 6.08 Å². The van der Waals surface area contributed by atoms with Gasteiger partial charge in [-0.3, -0.25) is 4.79 Å². The number of hydrogen-bond acceptors (Lipinski definition) is 2. The maximum atomic E-state index is 12.6. The van der Waals surface area contributed by atoms with Crippen molar-refractivity contribution in [3.63, 3.8) is 0 Å². The third-order valence-corrected chi connectivity index (χ3v) is 5.22. The molecule has 1 unspecified atom stereocenters. The van der Waals surface area contributed by atoms with Crippen molar-refractivity contribution in [2.24, 2.45) is 5.92 Å². The van der Waals surface area contributed by atoms with Crippen molar-refractivity contribution >= 4 is 12.0 Å². The van der Waals surface area contributed by atoms with E-state index in [9.17, 15) is 9.90 Å². The molecular formula is C19H25NO2. The standard InChI is InChI=1S/C19H25NO2/c1-15(19(22)11-6-12-19)9-10-16-7-2-3-8-17(16)18(21)20-13-4-5-14-20/h2-3,7-10,15,22H,4-6,11-14H2,1H3/b10-9+. The Balaban J connectivity index is 1.77. The highest BCUT2D eigenvalue weighted by Crippen LogP contribution is 2.39. The number of carbonyl (C=O) groups excluding carboxylic acids is 1. The monoisotopic (exact) mass is 299 g/mol. The van der Waals surface area contributed by atoms with Crippen molar-refractivity contribution in [3.8, 4) is 0 Å². The Labute approximate surface area is 132 Å². The Morgan fingerprint density at radius 3 is 2.55 bits per heavy atom. The number of carbonyl (C=O) groups is 1. The number of rotatable bonds is 4. The second-order valence-corrected chi connectivity index (χ2v) is 6.69. The minimum Gasteiger partial charge on any atom is -0.389 e. The molecule has 0 bridgehead atoms. The predicted octanol–water partition coefficient (Wildman–Crippen LogP) is 3.49. The van der Waals surface area contributed by atoms with Crippen molar-refractivity contribution < 1.29 is 9.90 Å². The molecule has 2 aliphatic rings. The molecule has 3 heteroatoms. The van der Waals surface area contributed by atoms with Crippen molar-refractivity contribution in [1.29, 1.82) is 0 Å². The molecule has 1 saturated heterocycles. The van der Waals surface area contributed by atoms with Crippen molar-refractivity contribution in [2.75, 3.05) is 13.1 Å². The highest BCUT2D eigenvalue weighted by Gasteiger charge is 2.38. The van der Waals surface area contributed by atoms with E-state index in [1.54, 1.807) is 0 Å². The van der Waals surface area contributed by atoms with E-state index in [1.165, 1.54) is 0 Å². The molecule has 1 aromatic rings. The van der Waals surface area contributed by atoms with E-state index in [1.807, 2.05) is 35.2 Å². The van der Waals surface area contributed by atoms with E-state index in [4.69, 9.17) is 0 Å². The molecule has 1 heterocycles. The summed E-state index contributed by atoms with van der Waals surface area (Å²) in [4.78, 5) is 14.6. The molecule has 2 fully saturated rings. The van der Waals surface area contributed by atoms with Crippen LogP contribution >= 0.6 is 0 Å². The first-order chi connectivity index (χ1) is 10.6. The lowest BCUT2D eigenvalue weighted by Gasteiger charge is -2.40. The van der Waals surface area contributed by atoms with Crippen LogP contribution in [0.5, 0.6) is 0 Å². The highest BCUT2D eigenvalue weighted by molar-refractivity contribution is 5.97. The molecule has 22 heavy (non-hydrogen) atoms. The largest absolute Gasteiger partial charge is 0.389 e. The van der Waals surface area contributed by atoms with E-state index in [-0.39, 0.29) is 11.8 Å². The number of hydrogen-bond donors (Lipinski definition) is 1. The van der Waals surface area contributed by atoms with E-state index < -0.39 is 5.60 Å². The average Bonchev–Trinajstić information content (AvgIpc) is 3.04. The van der Waals surface area contributed by atoms with Gasteiger partial charge in [-0.05, 0) is 43.7 Å². The molecule has 1 aromatic carbocycles. The summed E-state index contributed by atoms with van der Waals surface area (Å²) in [7, 11) is 0. The molecule has 1 saturated carbocycles. The second-order valence-electron chi connectivity index (χ2n) is 6.69. The van der Waals surface area contributed by atoms with Crippen LogP contribution in [0, 0.1) is 5.92 Å². The van der Waals surface area contributed by atoms with Gasteiger partial charge in [0.15, 0.2) is 0 Å². The lowest BCUT2D eigenvalue weighted by molar-refractivity contribution is -0.0627. The number of benzene rings is 1. The zero-order chi connectivity index (χ0) is 15.6. The molecule has 0 radical (unpaired) electrons. The normalized spacial score (nSPS) is 21.8. The Bertz CT molecular complexity index is 569. The first kappa shape index (κ1) is 15.3. The summed E-state index contributed by atoms with van der Waals surface area (Å²) in [5.74, 6) is 0.254. The Morgan fingerprint density at radius 2 is 1.91 bits per heavy atom. The molecule has 1 atom stereocenters. The van der Waals surface area contributed by atoms with Crippen LogP contribution in [0.1, 0.15) is 54.9 Å². The fourth-order valence-electron chi connectivity index (χ4n) is 3.35. The number of likely N-dealkylation sites (tertiary alicyclic amines) is 1. The van der Waals surface area contributed by atoms with Gasteiger partial charge in [0.05, 0.1) is 5.60 Å². The molecule has 118 valence electrons. The summed E-state index contributed by atoms with van der Waals surface area (Å²) in [5, 5.41) is 10.4. The van der Waals surface area contributed by atoms with E-state index in [0.717, 1.165) is 56.3 Å². The Morgan fingerprint density at radius 1 is 1.23 bits per heavy atom. The van der Waals surface area contributed by atoms with E-state index >= 15 is 0 Å². The van der Waals surface area contributed by atoms with Gasteiger partial charge in [0.25, 0.3) is 5.91 Å². The molecule has 1 amide bonds. The third kappa shape index (κ3) is 2.95. The van der Waals surface area contributed by atoms with Crippen molar-refractivity contribution in [3.05, 3.63) is 41.5 Å². The molecule has 0 spiro atoms. The molecule has 0 aromatic heterocycles. The highest BCUT2D eigenvalue weighted by atomic mass is 16.3. The topological polar surface area (TPSA) is 40.5 Å². The number of amides is 1. The quantitative estimate of drug-likeness (QED) is 0.924. The van der Waals surface area contributed by atoms with Crippen LogP contribution in [0.15, 0.2) is 30.3 Å². The first-order valence-electron chi connectivity index (χ1n) is 8.39. The van der Waals surface area contributed by atoms with E-state index in [0.29, 0.717) is 0 Å². The van der Waals surface area contributed by atoms with Crippen LogP contribution in [0.3, 0.4) is 0 Å². The van der Waals surface area contributed by atoms with Gasteiger partial charge in [-0.25, -0.2) is 0 Å². The van der Waals surface area contributed by atoms with Gasteiger partial charge in [0.2, 0.25) is 0 Å². The van der Waals surface area contributed by atoms with Crippen LogP contribution in [0.4, 0.5) is 0 Å². The minimum absolute atomic E-state index is 0.121. The van der Waals surface area contributed by atoms with Gasteiger partial charge >= 0.3 is 0 Å². The lowest BCUT2D eigenvalue weighted by atomic mass is 9.72. The van der Waals surface area contributed by atoms with Crippen molar-refractivity contribution in [1.82, 2.24) is 4.90 Å². The van der Waals surface area contributed by atoms with Crippen LogP contribution in [-0.2, 0) is 0 Å². The zero-order valence-corrected chi connectivity index (χ0v) is 13.3. The summed E-state index contributed by atoms with van der Waals surface area (Å²) in [6, 6.07) is 7.77. The number of aliphatic hydroxyl groups is 1. The summed E-state index contributed by atoms with van der Waals surface area (Å²) in [6.07, 6.45) is 9.14. The van der Waals surface area contributed by atoms with Crippen LogP contribution < -0.4 is 0 Å². The Kier molecular flexibility index (Phi) is 4.34. The summed E-state index contributed by atoms with van der Waals surface area (Å²) in [6.45, 7) is 3.79. The lowest BCUT2D eigenvalue weighted by Crippen LogP contribution is -2.42. The van der Waals surface area contributed by atoms with Gasteiger partial charge in [0, 0.05) is 24.6 Å². The zero-order valence-electron chi connectivity index (χ0n) is 13.3. The summed E-state index contributed by atoms with van der Waals surface area (Å²) in [5.41, 5.74) is 1.19. The van der Waals surface area contributed by atoms with Crippen LogP contribution in [0.2, 0.25) is 0 Å². The van der Waals surface area contributed by atoms with Crippen LogP contribution in [-0.4, -0.2) is 34.6 Å². The minimum atomic E-state index is -0.537. The molecule has 1 aliphatic heterocycles. The Hall–Kier alpha value is -1.61. The number of nitrogens with zero attached hydrogens (tertiary/aromatic N) is 1. The maximum absolute atomic E-state index is 12.6. The average molecular weight is 299 g/mol. The van der Waals surface area contributed by atoms with E-state index in [2.05, 4.69) is 13.0 Å².